The van der Waals surface area contributed by atoms with Crippen LogP contribution in [0.1, 0.15) is 12.8 Å². The molecule has 1 fully saturated rings. The molecule has 2 aromatic rings. The quantitative estimate of drug-likeness (QED) is 0.645. The Labute approximate surface area is 157 Å². The Bertz CT molecular complexity index is 777. The topological polar surface area (TPSA) is 74.7 Å². The van der Waals surface area contributed by atoms with Crippen molar-refractivity contribution in [1.29, 1.82) is 0 Å². The monoisotopic (exact) mass is 371 g/mol. The van der Waals surface area contributed by atoms with Crippen LogP contribution in [0.2, 0.25) is 0 Å². The Morgan fingerprint density at radius 2 is 1.63 bits per heavy atom. The average molecular weight is 371 g/mol. The second kappa shape index (κ2) is 9.14. The molecule has 1 aliphatic heterocycles. The van der Waals surface area contributed by atoms with Gasteiger partial charge in [0.1, 0.15) is 5.82 Å². The number of likely N-dealkylation sites (tertiary alicyclic amines) is 1. The van der Waals surface area contributed by atoms with Crippen LogP contribution in [-0.2, 0) is 4.79 Å². The van der Waals surface area contributed by atoms with Crippen molar-refractivity contribution in [3.05, 3.63) is 60.4 Å². The molecule has 0 aliphatic carbocycles. The summed E-state index contributed by atoms with van der Waals surface area (Å²) in [6, 6.07) is 15.3. The second-order valence-corrected chi connectivity index (χ2v) is 6.69. The molecule has 1 saturated heterocycles. The largest absolute Gasteiger partial charge is 0.335 e. The molecule has 2 aromatic carbocycles. The van der Waals surface area contributed by atoms with E-state index in [4.69, 9.17) is 0 Å². The van der Waals surface area contributed by atoms with Gasteiger partial charge in [0.05, 0.1) is 18.8 Å². The minimum atomic E-state index is -0.437. The molecule has 0 atom stereocenters. The van der Waals surface area contributed by atoms with Crippen LogP contribution >= 0.6 is 0 Å². The molecule has 3 amide bonds. The highest BCUT2D eigenvalue weighted by Gasteiger charge is 2.25. The Balaban J connectivity index is 1.39. The molecule has 1 heterocycles. The number of hydrogen-bond acceptors (Lipinski definition) is 2. The SMILES string of the molecule is O=C(C[NH+]1CCC(NC(=O)Nc2ccccc2)CC1)Nc1ccccc1F. The van der Waals surface area contributed by atoms with Gasteiger partial charge in [-0.25, -0.2) is 9.18 Å². The van der Waals surface area contributed by atoms with Crippen LogP contribution in [0.4, 0.5) is 20.6 Å². The summed E-state index contributed by atoms with van der Waals surface area (Å²) in [5.41, 5.74) is 0.957. The van der Waals surface area contributed by atoms with Crippen LogP contribution in [0, 0.1) is 5.82 Å². The Kier molecular flexibility index (Phi) is 6.38. The first-order chi connectivity index (χ1) is 13.1. The van der Waals surface area contributed by atoms with Crippen molar-refractivity contribution in [1.82, 2.24) is 5.32 Å². The van der Waals surface area contributed by atoms with Gasteiger partial charge in [-0.3, -0.25) is 4.79 Å². The molecular weight excluding hydrogens is 347 g/mol. The van der Waals surface area contributed by atoms with Crippen molar-refractivity contribution in [3.8, 4) is 0 Å². The van der Waals surface area contributed by atoms with E-state index in [2.05, 4.69) is 16.0 Å². The smallest absolute Gasteiger partial charge is 0.319 e. The number of carbonyl (C=O) groups is 2. The van der Waals surface area contributed by atoms with E-state index < -0.39 is 5.82 Å². The van der Waals surface area contributed by atoms with E-state index >= 15 is 0 Å². The molecule has 0 saturated carbocycles. The lowest BCUT2D eigenvalue weighted by molar-refractivity contribution is -0.897. The van der Waals surface area contributed by atoms with E-state index in [0.717, 1.165) is 36.5 Å². The van der Waals surface area contributed by atoms with Crippen molar-refractivity contribution in [2.45, 2.75) is 18.9 Å². The van der Waals surface area contributed by atoms with Gasteiger partial charge in [-0.1, -0.05) is 30.3 Å². The first-order valence-corrected chi connectivity index (χ1v) is 9.10. The molecule has 0 aromatic heterocycles. The van der Waals surface area contributed by atoms with Crippen LogP contribution in [0.3, 0.4) is 0 Å². The summed E-state index contributed by atoms with van der Waals surface area (Å²) in [5, 5.41) is 8.40. The third kappa shape index (κ3) is 5.79. The summed E-state index contributed by atoms with van der Waals surface area (Å²) in [6.45, 7) is 1.85. The minimum Gasteiger partial charge on any atom is -0.335 e. The fraction of sp³-hybridized carbons (Fsp3) is 0.300. The van der Waals surface area contributed by atoms with Gasteiger partial charge in [0.25, 0.3) is 5.91 Å². The summed E-state index contributed by atoms with van der Waals surface area (Å²) in [4.78, 5) is 25.3. The van der Waals surface area contributed by atoms with Crippen LogP contribution in [0.25, 0.3) is 0 Å². The molecule has 0 spiro atoms. The molecule has 0 bridgehead atoms. The van der Waals surface area contributed by atoms with Gasteiger partial charge in [0.2, 0.25) is 0 Å². The molecule has 27 heavy (non-hydrogen) atoms. The van der Waals surface area contributed by atoms with Crippen LogP contribution in [0.15, 0.2) is 54.6 Å². The van der Waals surface area contributed by atoms with Gasteiger partial charge in [0.15, 0.2) is 6.54 Å². The van der Waals surface area contributed by atoms with E-state index in [1.54, 1.807) is 18.2 Å². The summed E-state index contributed by atoms with van der Waals surface area (Å²) in [6.07, 6.45) is 1.59. The zero-order valence-electron chi connectivity index (χ0n) is 15.0. The number of anilines is 2. The number of amides is 3. The molecule has 1 aliphatic rings. The number of halogens is 1. The fourth-order valence-electron chi connectivity index (χ4n) is 3.21. The number of hydrogen-bond donors (Lipinski definition) is 4. The van der Waals surface area contributed by atoms with Crippen molar-refractivity contribution in [2.24, 2.45) is 0 Å². The Hall–Kier alpha value is -2.93. The third-order valence-electron chi connectivity index (χ3n) is 4.62. The van der Waals surface area contributed by atoms with Gasteiger partial charge < -0.3 is 20.9 Å². The van der Waals surface area contributed by atoms with Crippen LogP contribution in [-0.4, -0.2) is 37.6 Å². The number of piperidine rings is 1. The maximum absolute atomic E-state index is 13.6. The maximum atomic E-state index is 13.6. The first kappa shape index (κ1) is 18.8. The fourth-order valence-corrected chi connectivity index (χ4v) is 3.21. The normalized spacial score (nSPS) is 19.1. The highest BCUT2D eigenvalue weighted by Crippen LogP contribution is 2.11. The van der Waals surface area contributed by atoms with Crippen molar-refractivity contribution in [2.75, 3.05) is 30.3 Å². The van der Waals surface area contributed by atoms with E-state index in [9.17, 15) is 14.0 Å². The van der Waals surface area contributed by atoms with Crippen LogP contribution in [0.5, 0.6) is 0 Å². The number of urea groups is 1. The second-order valence-electron chi connectivity index (χ2n) is 6.69. The highest BCUT2D eigenvalue weighted by molar-refractivity contribution is 5.91. The lowest BCUT2D eigenvalue weighted by Crippen LogP contribution is -3.14. The summed E-state index contributed by atoms with van der Waals surface area (Å²) >= 11 is 0. The number of nitrogens with one attached hydrogen (secondary N) is 4. The van der Waals surface area contributed by atoms with Gasteiger partial charge in [0, 0.05) is 24.6 Å². The third-order valence-corrected chi connectivity index (χ3v) is 4.62. The van der Waals surface area contributed by atoms with Crippen molar-refractivity contribution in [3.63, 3.8) is 0 Å². The van der Waals surface area contributed by atoms with Crippen molar-refractivity contribution >= 4 is 23.3 Å². The van der Waals surface area contributed by atoms with Crippen molar-refractivity contribution < 1.29 is 18.9 Å². The predicted octanol–water partition coefficient (Wildman–Crippen LogP) is 1.63. The average Bonchev–Trinajstić information content (AvgIpc) is 2.66. The van der Waals surface area contributed by atoms with Gasteiger partial charge in [-0.2, -0.15) is 0 Å². The summed E-state index contributed by atoms with van der Waals surface area (Å²) in [7, 11) is 0. The minimum absolute atomic E-state index is 0.0899. The number of benzene rings is 2. The number of para-hydroxylation sites is 2. The molecular formula is C20H24FN4O2+. The van der Waals surface area contributed by atoms with E-state index in [-0.39, 0.29) is 30.2 Å². The number of carbonyl (C=O) groups excluding carboxylic acids is 2. The Morgan fingerprint density at radius 3 is 2.33 bits per heavy atom. The lowest BCUT2D eigenvalue weighted by Gasteiger charge is -2.29. The molecule has 4 N–H and O–H groups in total. The summed E-state index contributed by atoms with van der Waals surface area (Å²) in [5.74, 6) is -0.642. The maximum Gasteiger partial charge on any atom is 0.319 e. The molecule has 3 rings (SSSR count). The molecule has 0 radical (unpaired) electrons. The first-order valence-electron chi connectivity index (χ1n) is 9.10. The standard InChI is InChI=1S/C20H23FN4O2/c21-17-8-4-5-9-18(17)24-19(26)14-25-12-10-16(11-13-25)23-20(27)22-15-6-2-1-3-7-15/h1-9,16H,10-14H2,(H,24,26)(H2,22,23,27)/p+1. The van der Waals surface area contributed by atoms with Gasteiger partial charge in [-0.05, 0) is 24.3 Å². The van der Waals surface area contributed by atoms with Gasteiger partial charge >= 0.3 is 6.03 Å². The van der Waals surface area contributed by atoms with E-state index in [0.29, 0.717) is 0 Å². The zero-order chi connectivity index (χ0) is 19.1. The Morgan fingerprint density at radius 1 is 0.963 bits per heavy atom. The highest BCUT2D eigenvalue weighted by atomic mass is 19.1. The molecule has 7 heteroatoms. The lowest BCUT2D eigenvalue weighted by atomic mass is 10.1. The molecule has 0 unspecified atom stereocenters. The van der Waals surface area contributed by atoms with Crippen LogP contribution < -0.4 is 20.9 Å². The number of quaternary nitrogens is 1. The van der Waals surface area contributed by atoms with E-state index in [1.165, 1.54) is 6.07 Å². The van der Waals surface area contributed by atoms with E-state index in [1.807, 2.05) is 30.3 Å². The predicted molar refractivity (Wildman–Crippen MR) is 102 cm³/mol. The molecule has 6 nitrogen and oxygen atoms in total. The van der Waals surface area contributed by atoms with Gasteiger partial charge in [-0.15, -0.1) is 0 Å². The molecule has 142 valence electrons. The summed E-state index contributed by atoms with van der Waals surface area (Å²) < 4.78 is 13.6. The number of rotatable bonds is 5. The zero-order valence-corrected chi connectivity index (χ0v) is 15.0.